The van der Waals surface area contributed by atoms with Gasteiger partial charge in [-0.2, -0.15) is 0 Å². The van der Waals surface area contributed by atoms with Gasteiger partial charge in [-0.3, -0.25) is 0 Å². The van der Waals surface area contributed by atoms with Crippen LogP contribution in [0.15, 0.2) is 30.3 Å². The van der Waals surface area contributed by atoms with Crippen LogP contribution in [0.25, 0.3) is 0 Å². The zero-order valence-corrected chi connectivity index (χ0v) is 7.91. The standard InChI is InChI=1S/C11H12F2O/c1-11(10(12)13,9-7-14-9)8-5-3-2-4-6-8/h2-6,9-10H,7H2,1H3. The number of ether oxygens (including phenoxy) is 1. The first kappa shape index (κ1) is 9.59. The van der Waals surface area contributed by atoms with Gasteiger partial charge in [-0.15, -0.1) is 0 Å². The molecule has 1 saturated heterocycles. The predicted octanol–water partition coefficient (Wildman–Crippen LogP) is 2.61. The van der Waals surface area contributed by atoms with Crippen LogP contribution < -0.4 is 0 Å². The Morgan fingerprint density at radius 2 is 1.93 bits per heavy atom. The summed E-state index contributed by atoms with van der Waals surface area (Å²) in [6.07, 6.45) is -2.72. The van der Waals surface area contributed by atoms with Crippen molar-refractivity contribution in [3.63, 3.8) is 0 Å². The second-order valence-corrected chi connectivity index (χ2v) is 3.77. The number of hydrogen-bond acceptors (Lipinski definition) is 1. The Balaban J connectivity index is 2.36. The maximum absolute atomic E-state index is 13.0. The van der Waals surface area contributed by atoms with Crippen molar-refractivity contribution in [3.05, 3.63) is 35.9 Å². The Morgan fingerprint density at radius 1 is 1.36 bits per heavy atom. The second-order valence-electron chi connectivity index (χ2n) is 3.77. The zero-order valence-electron chi connectivity index (χ0n) is 7.91. The van der Waals surface area contributed by atoms with Crippen molar-refractivity contribution in [2.24, 2.45) is 0 Å². The van der Waals surface area contributed by atoms with Crippen LogP contribution in [0.5, 0.6) is 0 Å². The predicted molar refractivity (Wildman–Crippen MR) is 49.5 cm³/mol. The van der Waals surface area contributed by atoms with Crippen molar-refractivity contribution in [1.29, 1.82) is 0 Å². The highest BCUT2D eigenvalue weighted by Gasteiger charge is 2.51. The van der Waals surface area contributed by atoms with Gasteiger partial charge in [-0.25, -0.2) is 8.78 Å². The second kappa shape index (κ2) is 3.31. The van der Waals surface area contributed by atoms with Gasteiger partial charge >= 0.3 is 0 Å². The molecule has 0 aromatic heterocycles. The fraction of sp³-hybridized carbons (Fsp3) is 0.455. The monoisotopic (exact) mass is 198 g/mol. The lowest BCUT2D eigenvalue weighted by Crippen LogP contribution is -2.36. The minimum absolute atomic E-state index is 0.329. The molecule has 2 rings (SSSR count). The van der Waals surface area contributed by atoms with E-state index in [1.807, 2.05) is 6.07 Å². The Labute approximate surface area is 81.7 Å². The molecule has 0 radical (unpaired) electrons. The summed E-state index contributed by atoms with van der Waals surface area (Å²) in [5.41, 5.74) is -0.501. The van der Waals surface area contributed by atoms with E-state index in [9.17, 15) is 8.78 Å². The smallest absolute Gasteiger partial charge is 0.250 e. The first-order chi connectivity index (χ1) is 6.65. The molecule has 0 amide bonds. The lowest BCUT2D eigenvalue weighted by Gasteiger charge is -2.27. The summed E-state index contributed by atoms with van der Waals surface area (Å²) in [6, 6.07) is 8.83. The van der Waals surface area contributed by atoms with E-state index in [-0.39, 0.29) is 6.10 Å². The Bertz CT molecular complexity index is 304. The van der Waals surface area contributed by atoms with Gasteiger partial charge in [0.05, 0.1) is 18.1 Å². The Morgan fingerprint density at radius 3 is 2.36 bits per heavy atom. The number of rotatable bonds is 3. The number of hydrogen-bond donors (Lipinski definition) is 0. The van der Waals surface area contributed by atoms with Crippen LogP contribution in [0, 0.1) is 0 Å². The molecule has 2 atom stereocenters. The van der Waals surface area contributed by atoms with Crippen LogP contribution in [-0.4, -0.2) is 19.1 Å². The van der Waals surface area contributed by atoms with Crippen LogP contribution >= 0.6 is 0 Å². The zero-order chi connectivity index (χ0) is 10.2. The lowest BCUT2D eigenvalue weighted by atomic mass is 9.80. The van der Waals surface area contributed by atoms with E-state index in [1.165, 1.54) is 0 Å². The summed E-state index contributed by atoms with van der Waals surface area (Å²) in [4.78, 5) is 0. The summed E-state index contributed by atoms with van der Waals surface area (Å²) in [5, 5.41) is 0. The van der Waals surface area contributed by atoms with Crippen molar-refractivity contribution in [2.75, 3.05) is 6.61 Å². The Hall–Kier alpha value is -0.960. The first-order valence-corrected chi connectivity index (χ1v) is 4.61. The molecule has 2 unspecified atom stereocenters. The maximum Gasteiger partial charge on any atom is 0.250 e. The number of halogens is 2. The van der Waals surface area contributed by atoms with Crippen LogP contribution in [0.3, 0.4) is 0 Å². The number of alkyl halides is 2. The minimum Gasteiger partial charge on any atom is -0.372 e. The van der Waals surface area contributed by atoms with E-state index in [1.54, 1.807) is 31.2 Å². The van der Waals surface area contributed by atoms with Gasteiger partial charge in [-0.05, 0) is 12.5 Å². The van der Waals surface area contributed by atoms with E-state index < -0.39 is 11.8 Å². The molecule has 0 aliphatic carbocycles. The van der Waals surface area contributed by atoms with Gasteiger partial charge < -0.3 is 4.74 Å². The van der Waals surface area contributed by atoms with E-state index >= 15 is 0 Å². The molecule has 76 valence electrons. The fourth-order valence-electron chi connectivity index (χ4n) is 1.64. The number of benzene rings is 1. The van der Waals surface area contributed by atoms with Crippen molar-refractivity contribution in [1.82, 2.24) is 0 Å². The van der Waals surface area contributed by atoms with Crippen molar-refractivity contribution >= 4 is 0 Å². The minimum atomic E-state index is -2.39. The maximum atomic E-state index is 13.0. The van der Waals surface area contributed by atoms with Crippen LogP contribution in [0.1, 0.15) is 12.5 Å². The molecule has 1 aliphatic heterocycles. The fourth-order valence-corrected chi connectivity index (χ4v) is 1.64. The quantitative estimate of drug-likeness (QED) is 0.680. The summed E-state index contributed by atoms with van der Waals surface area (Å²) in [5.74, 6) is 0. The summed E-state index contributed by atoms with van der Waals surface area (Å²) >= 11 is 0. The van der Waals surface area contributed by atoms with Crippen LogP contribution in [0.2, 0.25) is 0 Å². The molecule has 1 nitrogen and oxygen atoms in total. The average molecular weight is 198 g/mol. The molecule has 0 spiro atoms. The number of epoxide rings is 1. The normalized spacial score (nSPS) is 24.7. The van der Waals surface area contributed by atoms with Gasteiger partial charge in [-0.1, -0.05) is 30.3 Å². The molecule has 1 aromatic rings. The van der Waals surface area contributed by atoms with Gasteiger partial charge in [0.25, 0.3) is 0 Å². The van der Waals surface area contributed by atoms with Gasteiger partial charge in [0.2, 0.25) is 6.43 Å². The molecule has 1 fully saturated rings. The highest BCUT2D eigenvalue weighted by atomic mass is 19.3. The summed E-state index contributed by atoms with van der Waals surface area (Å²) in [6.45, 7) is 2.00. The average Bonchev–Trinajstić information content (AvgIpc) is 3.01. The third kappa shape index (κ3) is 1.42. The molecule has 3 heteroatoms. The van der Waals surface area contributed by atoms with E-state index in [4.69, 9.17) is 4.74 Å². The molecule has 1 aromatic carbocycles. The van der Waals surface area contributed by atoms with Crippen molar-refractivity contribution in [2.45, 2.75) is 24.9 Å². The molecule has 1 aliphatic rings. The summed E-state index contributed by atoms with van der Waals surface area (Å²) in [7, 11) is 0. The summed E-state index contributed by atoms with van der Waals surface area (Å²) < 4.78 is 31.0. The van der Waals surface area contributed by atoms with E-state index in [2.05, 4.69) is 0 Å². The molecular weight excluding hydrogens is 186 g/mol. The molecule has 0 bridgehead atoms. The molecule has 1 heterocycles. The molecular formula is C11H12F2O. The SMILES string of the molecule is CC(c1ccccc1)(C(F)F)C1CO1. The Kier molecular flexibility index (Phi) is 2.27. The highest BCUT2D eigenvalue weighted by molar-refractivity contribution is 5.28. The lowest BCUT2D eigenvalue weighted by molar-refractivity contribution is 0.0415. The van der Waals surface area contributed by atoms with Crippen LogP contribution in [0.4, 0.5) is 8.78 Å². The van der Waals surface area contributed by atoms with E-state index in [0.717, 1.165) is 0 Å². The topological polar surface area (TPSA) is 12.5 Å². The third-order valence-electron chi connectivity index (χ3n) is 2.85. The van der Waals surface area contributed by atoms with Gasteiger partial charge in [0, 0.05) is 0 Å². The molecule has 0 saturated carbocycles. The largest absolute Gasteiger partial charge is 0.372 e. The third-order valence-corrected chi connectivity index (χ3v) is 2.85. The molecule has 14 heavy (non-hydrogen) atoms. The molecule has 0 N–H and O–H groups in total. The van der Waals surface area contributed by atoms with Crippen molar-refractivity contribution < 1.29 is 13.5 Å². The van der Waals surface area contributed by atoms with E-state index in [0.29, 0.717) is 12.2 Å². The van der Waals surface area contributed by atoms with Gasteiger partial charge in [0.15, 0.2) is 0 Å². The van der Waals surface area contributed by atoms with Crippen molar-refractivity contribution in [3.8, 4) is 0 Å². The van der Waals surface area contributed by atoms with Gasteiger partial charge in [0.1, 0.15) is 0 Å². The van der Waals surface area contributed by atoms with Crippen LogP contribution in [-0.2, 0) is 10.2 Å². The highest BCUT2D eigenvalue weighted by Crippen LogP contribution is 2.40. The first-order valence-electron chi connectivity index (χ1n) is 4.61.